The summed E-state index contributed by atoms with van der Waals surface area (Å²) >= 11 is 0. The third kappa shape index (κ3) is 3.76. The molecule has 0 aromatic rings. The average molecular weight is 350 g/mol. The van der Waals surface area contributed by atoms with Gasteiger partial charge in [0.1, 0.15) is 12.2 Å². The molecule has 0 bridgehead atoms. The third-order valence-electron chi connectivity index (χ3n) is 5.66. The first-order chi connectivity index (χ1) is 11.3. The standard InChI is InChI=1S/C16H30O8/c1-23-5-7-3-9(17)13(19)15(21)11(7)12-8(6-24-2)4-10(18)14(20)16(12)22/h7-22H,3-6H2,1-2H3. The molecule has 2 fully saturated rings. The molecule has 10 atom stereocenters. The summed E-state index contributed by atoms with van der Waals surface area (Å²) in [7, 11) is 3.01. The van der Waals surface area contributed by atoms with E-state index in [-0.39, 0.29) is 37.9 Å². The lowest BCUT2D eigenvalue weighted by Crippen LogP contribution is -2.61. The zero-order chi connectivity index (χ0) is 18.0. The van der Waals surface area contributed by atoms with Gasteiger partial charge in [-0.15, -0.1) is 0 Å². The van der Waals surface area contributed by atoms with Crippen LogP contribution in [0.25, 0.3) is 0 Å². The Balaban J connectivity index is 2.33. The number of methoxy groups -OCH3 is 2. The molecule has 2 aliphatic rings. The molecule has 8 heteroatoms. The van der Waals surface area contributed by atoms with E-state index in [1.165, 1.54) is 14.2 Å². The Hall–Kier alpha value is -0.320. The van der Waals surface area contributed by atoms with Gasteiger partial charge in [-0.1, -0.05) is 0 Å². The summed E-state index contributed by atoms with van der Waals surface area (Å²) in [6.45, 7) is 0.486. The minimum atomic E-state index is -1.33. The first-order valence-corrected chi connectivity index (χ1v) is 8.39. The fourth-order valence-electron chi connectivity index (χ4n) is 4.55. The van der Waals surface area contributed by atoms with Crippen LogP contribution in [0.5, 0.6) is 0 Å². The summed E-state index contributed by atoms with van der Waals surface area (Å²) in [6.07, 6.45) is -6.91. The van der Waals surface area contributed by atoms with Crippen molar-refractivity contribution in [3.05, 3.63) is 0 Å². The van der Waals surface area contributed by atoms with Crippen LogP contribution in [-0.2, 0) is 9.47 Å². The predicted octanol–water partition coefficient (Wildman–Crippen LogP) is -2.28. The number of hydrogen-bond donors (Lipinski definition) is 6. The van der Waals surface area contributed by atoms with Crippen LogP contribution in [0.3, 0.4) is 0 Å². The Bertz CT molecular complexity index is 358. The molecule has 0 aromatic heterocycles. The monoisotopic (exact) mass is 350 g/mol. The average Bonchev–Trinajstić information content (AvgIpc) is 2.53. The Kier molecular flexibility index (Phi) is 6.98. The van der Waals surface area contributed by atoms with Crippen LogP contribution >= 0.6 is 0 Å². The van der Waals surface area contributed by atoms with E-state index in [0.717, 1.165) is 0 Å². The number of aliphatic hydroxyl groups excluding tert-OH is 6. The van der Waals surface area contributed by atoms with Crippen LogP contribution in [0.1, 0.15) is 12.8 Å². The Morgan fingerprint density at radius 1 is 0.625 bits per heavy atom. The van der Waals surface area contributed by atoms with Gasteiger partial charge >= 0.3 is 0 Å². The summed E-state index contributed by atoms with van der Waals surface area (Å²) in [6, 6.07) is 0. The summed E-state index contributed by atoms with van der Waals surface area (Å²) in [5, 5.41) is 61.2. The molecule has 2 saturated carbocycles. The van der Waals surface area contributed by atoms with E-state index < -0.39 is 48.5 Å². The van der Waals surface area contributed by atoms with Gasteiger partial charge < -0.3 is 40.1 Å². The molecular weight excluding hydrogens is 320 g/mol. The van der Waals surface area contributed by atoms with E-state index in [0.29, 0.717) is 0 Å². The van der Waals surface area contributed by atoms with Crippen molar-refractivity contribution in [2.24, 2.45) is 23.7 Å². The molecule has 0 radical (unpaired) electrons. The second kappa shape index (κ2) is 8.37. The minimum Gasteiger partial charge on any atom is -0.390 e. The highest BCUT2D eigenvalue weighted by atomic mass is 16.5. The van der Waals surface area contributed by atoms with Gasteiger partial charge in [0.05, 0.1) is 24.4 Å². The van der Waals surface area contributed by atoms with Crippen LogP contribution in [0.4, 0.5) is 0 Å². The zero-order valence-electron chi connectivity index (χ0n) is 14.1. The van der Waals surface area contributed by atoms with E-state index in [1.54, 1.807) is 0 Å². The SMILES string of the molecule is COCC1CC(O)C(O)C(O)C1C1C(COC)CC(O)C(O)C1O. The topological polar surface area (TPSA) is 140 Å². The Morgan fingerprint density at radius 3 is 1.25 bits per heavy atom. The molecule has 10 unspecified atom stereocenters. The van der Waals surface area contributed by atoms with Crippen LogP contribution in [0, 0.1) is 23.7 Å². The second-order valence-corrected chi connectivity index (χ2v) is 7.15. The second-order valence-electron chi connectivity index (χ2n) is 7.15. The predicted molar refractivity (Wildman–Crippen MR) is 83.0 cm³/mol. The number of hydrogen-bond acceptors (Lipinski definition) is 8. The molecule has 0 amide bonds. The van der Waals surface area contributed by atoms with E-state index in [4.69, 9.17) is 9.47 Å². The van der Waals surface area contributed by atoms with Crippen LogP contribution < -0.4 is 0 Å². The van der Waals surface area contributed by atoms with E-state index >= 15 is 0 Å². The van der Waals surface area contributed by atoms with Crippen LogP contribution in [0.2, 0.25) is 0 Å². The first kappa shape index (κ1) is 20.0. The molecule has 2 rings (SSSR count). The van der Waals surface area contributed by atoms with Crippen molar-refractivity contribution in [1.29, 1.82) is 0 Å². The van der Waals surface area contributed by atoms with E-state index in [9.17, 15) is 30.6 Å². The fourth-order valence-corrected chi connectivity index (χ4v) is 4.55. The molecule has 0 aliphatic heterocycles. The summed E-state index contributed by atoms with van der Waals surface area (Å²) in [5.74, 6) is -1.80. The molecule has 8 nitrogen and oxygen atoms in total. The third-order valence-corrected chi connectivity index (χ3v) is 5.66. The van der Waals surface area contributed by atoms with Crippen molar-refractivity contribution < 1.29 is 40.1 Å². The van der Waals surface area contributed by atoms with Crippen molar-refractivity contribution in [3.63, 3.8) is 0 Å². The molecule has 2 aliphatic carbocycles. The first-order valence-electron chi connectivity index (χ1n) is 8.39. The van der Waals surface area contributed by atoms with Crippen molar-refractivity contribution in [1.82, 2.24) is 0 Å². The smallest absolute Gasteiger partial charge is 0.106 e. The molecule has 6 N–H and O–H groups in total. The van der Waals surface area contributed by atoms with Gasteiger partial charge in [0.15, 0.2) is 0 Å². The van der Waals surface area contributed by atoms with Crippen molar-refractivity contribution in [2.45, 2.75) is 49.5 Å². The van der Waals surface area contributed by atoms with Gasteiger partial charge in [0.25, 0.3) is 0 Å². The van der Waals surface area contributed by atoms with Gasteiger partial charge in [0, 0.05) is 27.4 Å². The van der Waals surface area contributed by atoms with Crippen molar-refractivity contribution in [3.8, 4) is 0 Å². The number of rotatable bonds is 5. The highest BCUT2D eigenvalue weighted by Gasteiger charge is 2.53. The minimum absolute atomic E-state index is 0.221. The van der Waals surface area contributed by atoms with Gasteiger partial charge in [0.2, 0.25) is 0 Å². The van der Waals surface area contributed by atoms with Crippen LogP contribution in [0.15, 0.2) is 0 Å². The van der Waals surface area contributed by atoms with Gasteiger partial charge in [-0.3, -0.25) is 0 Å². The quantitative estimate of drug-likeness (QED) is 0.326. The fraction of sp³-hybridized carbons (Fsp3) is 1.00. The Labute approximate surface area is 141 Å². The maximum Gasteiger partial charge on any atom is 0.106 e. The molecular formula is C16H30O8. The maximum atomic E-state index is 10.6. The van der Waals surface area contributed by atoms with Crippen LogP contribution in [-0.4, -0.2) is 94.7 Å². The molecule has 142 valence electrons. The molecule has 0 saturated heterocycles. The number of aliphatic hydroxyl groups is 6. The molecule has 0 heterocycles. The van der Waals surface area contributed by atoms with Gasteiger partial charge in [-0.25, -0.2) is 0 Å². The normalized spacial score (nSPS) is 50.0. The highest BCUT2D eigenvalue weighted by molar-refractivity contribution is 5.03. The summed E-state index contributed by atoms with van der Waals surface area (Å²) in [5.41, 5.74) is 0. The lowest BCUT2D eigenvalue weighted by Gasteiger charge is -2.51. The highest BCUT2D eigenvalue weighted by Crippen LogP contribution is 2.45. The van der Waals surface area contributed by atoms with E-state index in [2.05, 4.69) is 0 Å². The molecule has 24 heavy (non-hydrogen) atoms. The lowest BCUT2D eigenvalue weighted by molar-refractivity contribution is -0.204. The largest absolute Gasteiger partial charge is 0.390 e. The van der Waals surface area contributed by atoms with Crippen molar-refractivity contribution >= 4 is 0 Å². The lowest BCUT2D eigenvalue weighted by atomic mass is 9.60. The maximum absolute atomic E-state index is 10.6. The molecule has 0 aromatic carbocycles. The van der Waals surface area contributed by atoms with Gasteiger partial charge in [-0.2, -0.15) is 0 Å². The molecule has 0 spiro atoms. The summed E-state index contributed by atoms with van der Waals surface area (Å²) in [4.78, 5) is 0. The summed E-state index contributed by atoms with van der Waals surface area (Å²) < 4.78 is 10.4. The van der Waals surface area contributed by atoms with Crippen molar-refractivity contribution in [2.75, 3.05) is 27.4 Å². The Morgan fingerprint density at radius 2 is 0.958 bits per heavy atom. The van der Waals surface area contributed by atoms with E-state index in [1.807, 2.05) is 0 Å². The zero-order valence-corrected chi connectivity index (χ0v) is 14.1. The van der Waals surface area contributed by atoms with Gasteiger partial charge in [-0.05, 0) is 36.5 Å². The number of ether oxygens (including phenoxy) is 2.